The summed E-state index contributed by atoms with van der Waals surface area (Å²) in [5, 5.41) is 5.25. The molecular weight excluding hydrogens is 236 g/mol. The van der Waals surface area contributed by atoms with Gasteiger partial charge in [0.2, 0.25) is 11.8 Å². The highest BCUT2D eigenvalue weighted by Gasteiger charge is 2.40. The van der Waals surface area contributed by atoms with Crippen molar-refractivity contribution in [2.24, 2.45) is 0 Å². The van der Waals surface area contributed by atoms with Gasteiger partial charge in [0, 0.05) is 6.92 Å². The van der Waals surface area contributed by atoms with Crippen molar-refractivity contribution < 1.29 is 19.1 Å². The van der Waals surface area contributed by atoms with Gasteiger partial charge in [0.05, 0.1) is 7.11 Å². The summed E-state index contributed by atoms with van der Waals surface area (Å²) in [4.78, 5) is 34.4. The van der Waals surface area contributed by atoms with Gasteiger partial charge >= 0.3 is 5.97 Å². The van der Waals surface area contributed by atoms with Gasteiger partial charge in [-0.15, -0.1) is 0 Å². The molecule has 0 aromatic heterocycles. The topological polar surface area (TPSA) is 84.5 Å². The number of ether oxygens (including phenoxy) is 1. The molecule has 6 nitrogen and oxygen atoms in total. The third-order valence-corrected chi connectivity index (χ3v) is 3.18. The van der Waals surface area contributed by atoms with E-state index in [1.807, 2.05) is 0 Å². The lowest BCUT2D eigenvalue weighted by Crippen LogP contribution is -2.59. The monoisotopic (exact) mass is 256 g/mol. The number of esters is 1. The Hall–Kier alpha value is -1.59. The van der Waals surface area contributed by atoms with Crippen molar-refractivity contribution in [1.82, 2.24) is 10.6 Å². The molecule has 0 atom stereocenters. The Morgan fingerprint density at radius 1 is 1.17 bits per heavy atom. The summed E-state index contributed by atoms with van der Waals surface area (Å²) in [5.41, 5.74) is -0.863. The number of carbonyl (C=O) groups is 3. The van der Waals surface area contributed by atoms with Gasteiger partial charge in [0.1, 0.15) is 12.1 Å². The van der Waals surface area contributed by atoms with Crippen LogP contribution >= 0.6 is 0 Å². The van der Waals surface area contributed by atoms with Crippen LogP contribution in [0.1, 0.15) is 39.0 Å². The molecule has 0 aromatic carbocycles. The number of carbonyl (C=O) groups excluding carboxylic acids is 3. The minimum absolute atomic E-state index is 0.170. The quantitative estimate of drug-likeness (QED) is 0.699. The van der Waals surface area contributed by atoms with Crippen LogP contribution < -0.4 is 10.6 Å². The molecule has 0 bridgehead atoms. The van der Waals surface area contributed by atoms with Gasteiger partial charge in [-0.05, 0) is 12.8 Å². The fourth-order valence-corrected chi connectivity index (χ4v) is 2.29. The molecule has 0 unspecified atom stereocenters. The zero-order valence-electron chi connectivity index (χ0n) is 10.9. The minimum Gasteiger partial charge on any atom is -0.468 e. The Balaban J connectivity index is 2.66. The largest absolute Gasteiger partial charge is 0.468 e. The van der Waals surface area contributed by atoms with Crippen molar-refractivity contribution in [2.75, 3.05) is 13.7 Å². The zero-order chi connectivity index (χ0) is 13.6. The molecule has 0 heterocycles. The predicted molar refractivity (Wildman–Crippen MR) is 64.7 cm³/mol. The average Bonchev–Trinajstić information content (AvgIpc) is 2.35. The van der Waals surface area contributed by atoms with Gasteiger partial charge in [-0.2, -0.15) is 0 Å². The summed E-state index contributed by atoms with van der Waals surface area (Å²) < 4.78 is 4.46. The molecule has 1 rings (SSSR count). The lowest BCUT2D eigenvalue weighted by atomic mass is 9.80. The fourth-order valence-electron chi connectivity index (χ4n) is 2.29. The Morgan fingerprint density at radius 3 is 2.28 bits per heavy atom. The molecule has 18 heavy (non-hydrogen) atoms. The van der Waals surface area contributed by atoms with Crippen molar-refractivity contribution in [3.05, 3.63) is 0 Å². The molecule has 0 saturated heterocycles. The first kappa shape index (κ1) is 14.5. The smallest absolute Gasteiger partial charge is 0.325 e. The summed E-state index contributed by atoms with van der Waals surface area (Å²) >= 11 is 0. The fraction of sp³-hybridized carbons (Fsp3) is 0.750. The average molecular weight is 256 g/mol. The Kier molecular flexibility index (Phi) is 5.12. The summed E-state index contributed by atoms with van der Waals surface area (Å²) in [5.74, 6) is -1.04. The maximum Gasteiger partial charge on any atom is 0.325 e. The highest BCUT2D eigenvalue weighted by atomic mass is 16.5. The molecule has 0 aromatic rings. The van der Waals surface area contributed by atoms with E-state index in [-0.39, 0.29) is 18.4 Å². The van der Waals surface area contributed by atoms with Gasteiger partial charge < -0.3 is 15.4 Å². The molecule has 2 amide bonds. The van der Waals surface area contributed by atoms with Crippen molar-refractivity contribution in [2.45, 2.75) is 44.6 Å². The Labute approximate surface area is 106 Å². The van der Waals surface area contributed by atoms with Gasteiger partial charge in [-0.1, -0.05) is 19.3 Å². The minimum atomic E-state index is -0.863. The van der Waals surface area contributed by atoms with E-state index in [1.165, 1.54) is 14.0 Å². The highest BCUT2D eigenvalue weighted by Crippen LogP contribution is 2.28. The van der Waals surface area contributed by atoms with E-state index in [0.717, 1.165) is 19.3 Å². The van der Waals surface area contributed by atoms with Crippen molar-refractivity contribution in [3.63, 3.8) is 0 Å². The molecule has 1 aliphatic carbocycles. The number of rotatable bonds is 4. The van der Waals surface area contributed by atoms with Gasteiger partial charge in [-0.25, -0.2) is 0 Å². The Bertz CT molecular complexity index is 335. The van der Waals surface area contributed by atoms with Crippen LogP contribution in [-0.2, 0) is 19.1 Å². The van der Waals surface area contributed by atoms with Crippen molar-refractivity contribution >= 4 is 17.8 Å². The molecule has 1 saturated carbocycles. The summed E-state index contributed by atoms with van der Waals surface area (Å²) in [7, 11) is 1.26. The van der Waals surface area contributed by atoms with Crippen LogP contribution in [0.5, 0.6) is 0 Å². The first-order valence-electron chi connectivity index (χ1n) is 6.14. The first-order chi connectivity index (χ1) is 8.50. The SMILES string of the molecule is COC(=O)CNC(=O)C1(NC(C)=O)CCCCC1. The van der Waals surface area contributed by atoms with Gasteiger partial charge in [-0.3, -0.25) is 14.4 Å². The normalized spacial score (nSPS) is 17.7. The van der Waals surface area contributed by atoms with E-state index in [9.17, 15) is 14.4 Å². The lowest BCUT2D eigenvalue weighted by molar-refractivity contribution is -0.142. The highest BCUT2D eigenvalue weighted by molar-refractivity contribution is 5.92. The molecule has 1 fully saturated rings. The second-order valence-electron chi connectivity index (χ2n) is 4.58. The standard InChI is InChI=1S/C12H20N2O4/c1-9(15)14-12(6-4-3-5-7-12)11(17)13-8-10(16)18-2/h3-8H2,1-2H3,(H,13,17)(H,14,15). The number of amides is 2. The zero-order valence-corrected chi connectivity index (χ0v) is 10.9. The maximum absolute atomic E-state index is 12.1. The van der Waals surface area contributed by atoms with Gasteiger partial charge in [0.15, 0.2) is 0 Å². The molecule has 2 N–H and O–H groups in total. The van der Waals surface area contributed by atoms with Crippen LogP contribution in [0.25, 0.3) is 0 Å². The van der Waals surface area contributed by atoms with Crippen molar-refractivity contribution in [1.29, 1.82) is 0 Å². The van der Waals surface area contributed by atoms with E-state index in [0.29, 0.717) is 12.8 Å². The summed E-state index contributed by atoms with van der Waals surface area (Å²) in [6.07, 6.45) is 4.07. The molecule has 0 spiro atoms. The molecule has 0 aliphatic heterocycles. The van der Waals surface area contributed by atoms with Crippen LogP contribution in [0.3, 0.4) is 0 Å². The molecular formula is C12H20N2O4. The molecule has 0 radical (unpaired) electrons. The summed E-state index contributed by atoms with van der Waals surface area (Å²) in [6.45, 7) is 1.22. The number of nitrogens with one attached hydrogen (secondary N) is 2. The van der Waals surface area contributed by atoms with E-state index < -0.39 is 11.5 Å². The van der Waals surface area contributed by atoms with Crippen LogP contribution in [0.2, 0.25) is 0 Å². The Morgan fingerprint density at radius 2 is 1.78 bits per heavy atom. The predicted octanol–water partition coefficient (Wildman–Crippen LogP) is 0.115. The number of hydrogen-bond acceptors (Lipinski definition) is 4. The van der Waals surface area contributed by atoms with E-state index in [2.05, 4.69) is 15.4 Å². The van der Waals surface area contributed by atoms with Crippen LogP contribution in [-0.4, -0.2) is 37.0 Å². The first-order valence-corrected chi connectivity index (χ1v) is 6.14. The van der Waals surface area contributed by atoms with E-state index in [1.54, 1.807) is 0 Å². The molecule has 102 valence electrons. The van der Waals surface area contributed by atoms with Crippen LogP contribution in [0.4, 0.5) is 0 Å². The van der Waals surface area contributed by atoms with Crippen LogP contribution in [0.15, 0.2) is 0 Å². The third-order valence-electron chi connectivity index (χ3n) is 3.18. The van der Waals surface area contributed by atoms with E-state index in [4.69, 9.17) is 0 Å². The molecule has 1 aliphatic rings. The second kappa shape index (κ2) is 6.37. The molecule has 6 heteroatoms. The second-order valence-corrected chi connectivity index (χ2v) is 4.58. The maximum atomic E-state index is 12.1. The van der Waals surface area contributed by atoms with E-state index >= 15 is 0 Å². The van der Waals surface area contributed by atoms with Gasteiger partial charge in [0.25, 0.3) is 0 Å². The van der Waals surface area contributed by atoms with Crippen molar-refractivity contribution in [3.8, 4) is 0 Å². The number of methoxy groups -OCH3 is 1. The number of hydrogen-bond donors (Lipinski definition) is 2. The lowest BCUT2D eigenvalue weighted by Gasteiger charge is -2.36. The third kappa shape index (κ3) is 3.72. The summed E-state index contributed by atoms with van der Waals surface area (Å²) in [6, 6.07) is 0. The van der Waals surface area contributed by atoms with Crippen LogP contribution in [0, 0.1) is 0 Å².